The van der Waals surface area contributed by atoms with Crippen molar-refractivity contribution in [2.75, 3.05) is 13.2 Å². The van der Waals surface area contributed by atoms with Crippen LogP contribution in [-0.2, 0) is 20.7 Å². The molecular weight excluding hydrogens is 438 g/mol. The van der Waals surface area contributed by atoms with E-state index in [1.165, 1.54) is 5.56 Å². The first-order valence-corrected chi connectivity index (χ1v) is 12.4. The molecule has 0 spiro atoms. The van der Waals surface area contributed by atoms with Gasteiger partial charge in [-0.25, -0.2) is 0 Å². The van der Waals surface area contributed by atoms with Crippen LogP contribution in [0.3, 0.4) is 0 Å². The van der Waals surface area contributed by atoms with Crippen LogP contribution < -0.4 is 4.74 Å². The van der Waals surface area contributed by atoms with Crippen LogP contribution in [0.5, 0.6) is 5.75 Å². The SMILES string of the molecule is Cc1nc2ccccc2c(-c2ccc3c(c2)CCCO3)c1[C@@H](COC(=O)C(C)(C)C)OC(C)(C)C. The Bertz CT molecular complexity index is 1230. The summed E-state index contributed by atoms with van der Waals surface area (Å²) < 4.78 is 18.2. The molecule has 5 nitrogen and oxygen atoms in total. The summed E-state index contributed by atoms with van der Waals surface area (Å²) in [6, 6.07) is 14.6. The minimum atomic E-state index is -0.593. The van der Waals surface area contributed by atoms with E-state index in [0.29, 0.717) is 0 Å². The Morgan fingerprint density at radius 1 is 1.09 bits per heavy atom. The molecular formula is C30H37NO4. The van der Waals surface area contributed by atoms with Crippen molar-refractivity contribution in [3.05, 3.63) is 59.3 Å². The summed E-state index contributed by atoms with van der Waals surface area (Å²) in [6.45, 7) is 14.5. The van der Waals surface area contributed by atoms with Gasteiger partial charge in [-0.2, -0.15) is 0 Å². The predicted molar refractivity (Wildman–Crippen MR) is 140 cm³/mol. The zero-order valence-electron chi connectivity index (χ0n) is 22.0. The molecule has 0 saturated carbocycles. The van der Waals surface area contributed by atoms with E-state index in [-0.39, 0.29) is 12.6 Å². The molecule has 0 amide bonds. The number of hydrogen-bond acceptors (Lipinski definition) is 5. The van der Waals surface area contributed by atoms with Gasteiger partial charge in [0.2, 0.25) is 0 Å². The molecule has 0 aliphatic carbocycles. The second kappa shape index (κ2) is 9.62. The van der Waals surface area contributed by atoms with Crippen molar-refractivity contribution in [1.82, 2.24) is 4.98 Å². The molecule has 1 atom stereocenters. The summed E-state index contributed by atoms with van der Waals surface area (Å²) in [4.78, 5) is 17.6. The van der Waals surface area contributed by atoms with E-state index in [1.807, 2.05) is 66.7 Å². The van der Waals surface area contributed by atoms with Crippen molar-refractivity contribution >= 4 is 16.9 Å². The average Bonchev–Trinajstić information content (AvgIpc) is 2.79. The standard InChI is InChI=1S/C30H37NO4/c1-19-26(25(35-30(5,6)7)18-34-28(32)29(2,3)4)27(22-12-8-9-13-23(22)31-19)21-14-15-24-20(17-21)11-10-16-33-24/h8-9,12-15,17,25H,10-11,16,18H2,1-7H3/t25-/m1/s1. The molecule has 5 heteroatoms. The van der Waals surface area contributed by atoms with Crippen LogP contribution in [0.2, 0.25) is 0 Å². The van der Waals surface area contributed by atoms with Gasteiger partial charge in [0.05, 0.1) is 23.1 Å². The maximum absolute atomic E-state index is 12.7. The fourth-order valence-electron chi connectivity index (χ4n) is 4.54. The molecule has 186 valence electrons. The minimum Gasteiger partial charge on any atom is -0.493 e. The third kappa shape index (κ3) is 5.67. The number of carbonyl (C=O) groups is 1. The lowest BCUT2D eigenvalue weighted by molar-refractivity contribution is -0.162. The monoisotopic (exact) mass is 475 g/mol. The molecule has 0 fully saturated rings. The molecule has 3 aromatic rings. The highest BCUT2D eigenvalue weighted by Gasteiger charge is 2.31. The number of para-hydroxylation sites is 1. The van der Waals surface area contributed by atoms with Crippen molar-refractivity contribution in [3.8, 4) is 16.9 Å². The van der Waals surface area contributed by atoms with Gasteiger partial charge in [0.15, 0.2) is 0 Å². The summed E-state index contributed by atoms with van der Waals surface area (Å²) in [5.74, 6) is 0.706. The summed E-state index contributed by atoms with van der Waals surface area (Å²) in [5.41, 5.74) is 5.09. The van der Waals surface area contributed by atoms with Crippen molar-refractivity contribution in [1.29, 1.82) is 0 Å². The quantitative estimate of drug-likeness (QED) is 0.373. The highest BCUT2D eigenvalue weighted by molar-refractivity contribution is 5.97. The summed E-state index contributed by atoms with van der Waals surface area (Å²) >= 11 is 0. The van der Waals surface area contributed by atoms with Gasteiger partial charge in [-0.1, -0.05) is 24.3 Å². The largest absolute Gasteiger partial charge is 0.493 e. The van der Waals surface area contributed by atoms with Crippen LogP contribution in [0.15, 0.2) is 42.5 Å². The number of benzene rings is 2. The maximum Gasteiger partial charge on any atom is 0.311 e. The van der Waals surface area contributed by atoms with Gasteiger partial charge >= 0.3 is 5.97 Å². The second-order valence-electron chi connectivity index (χ2n) is 11.3. The highest BCUT2D eigenvalue weighted by Crippen LogP contribution is 2.41. The van der Waals surface area contributed by atoms with Crippen LogP contribution in [0.1, 0.15) is 70.9 Å². The topological polar surface area (TPSA) is 57.7 Å². The summed E-state index contributed by atoms with van der Waals surface area (Å²) in [6.07, 6.45) is 1.53. The Hall–Kier alpha value is -2.92. The van der Waals surface area contributed by atoms with Crippen molar-refractivity contribution in [2.45, 2.75) is 73.0 Å². The molecule has 1 aromatic heterocycles. The first-order valence-electron chi connectivity index (χ1n) is 12.4. The third-order valence-electron chi connectivity index (χ3n) is 6.11. The highest BCUT2D eigenvalue weighted by atomic mass is 16.6. The zero-order chi connectivity index (χ0) is 25.4. The van der Waals surface area contributed by atoms with Crippen LogP contribution in [-0.4, -0.2) is 29.8 Å². The molecule has 0 N–H and O–H groups in total. The van der Waals surface area contributed by atoms with Gasteiger partial charge in [0.25, 0.3) is 0 Å². The molecule has 0 saturated heterocycles. The zero-order valence-corrected chi connectivity index (χ0v) is 22.0. The summed E-state index contributed by atoms with van der Waals surface area (Å²) in [7, 11) is 0. The first-order chi connectivity index (χ1) is 16.4. The van der Waals surface area contributed by atoms with Gasteiger partial charge in [-0.05, 0) is 96.2 Å². The number of hydrogen-bond donors (Lipinski definition) is 0. The van der Waals surface area contributed by atoms with E-state index in [2.05, 4.69) is 24.3 Å². The number of pyridine rings is 1. The number of aryl methyl sites for hydroxylation is 2. The third-order valence-corrected chi connectivity index (χ3v) is 6.11. The fraction of sp³-hybridized carbons (Fsp3) is 0.467. The molecule has 1 aliphatic heterocycles. The van der Waals surface area contributed by atoms with Crippen LogP contribution in [0.25, 0.3) is 22.0 Å². The smallest absolute Gasteiger partial charge is 0.311 e. The maximum atomic E-state index is 12.7. The van der Waals surface area contributed by atoms with Crippen LogP contribution >= 0.6 is 0 Å². The average molecular weight is 476 g/mol. The van der Waals surface area contributed by atoms with E-state index < -0.39 is 17.1 Å². The number of ether oxygens (including phenoxy) is 3. The lowest BCUT2D eigenvalue weighted by atomic mass is 9.89. The van der Waals surface area contributed by atoms with Crippen LogP contribution in [0, 0.1) is 12.3 Å². The molecule has 2 aromatic carbocycles. The van der Waals surface area contributed by atoms with E-state index in [4.69, 9.17) is 19.2 Å². The minimum absolute atomic E-state index is 0.120. The van der Waals surface area contributed by atoms with Crippen molar-refractivity contribution < 1.29 is 19.0 Å². The molecule has 1 aliphatic rings. The van der Waals surface area contributed by atoms with E-state index in [0.717, 1.165) is 58.5 Å². The number of esters is 1. The van der Waals surface area contributed by atoms with Gasteiger partial charge in [-0.3, -0.25) is 9.78 Å². The Balaban J connectivity index is 1.90. The number of nitrogens with zero attached hydrogens (tertiary/aromatic N) is 1. The number of fused-ring (bicyclic) bond motifs is 2. The Morgan fingerprint density at radius 3 is 2.54 bits per heavy atom. The van der Waals surface area contributed by atoms with E-state index in [9.17, 15) is 4.79 Å². The lowest BCUT2D eigenvalue weighted by Crippen LogP contribution is -2.30. The van der Waals surface area contributed by atoms with Crippen molar-refractivity contribution in [2.24, 2.45) is 5.41 Å². The van der Waals surface area contributed by atoms with E-state index >= 15 is 0 Å². The van der Waals surface area contributed by atoms with Gasteiger partial charge in [0.1, 0.15) is 18.5 Å². The fourth-order valence-corrected chi connectivity index (χ4v) is 4.54. The number of aromatic nitrogens is 1. The Morgan fingerprint density at radius 2 is 1.83 bits per heavy atom. The molecule has 35 heavy (non-hydrogen) atoms. The first kappa shape index (κ1) is 25.2. The van der Waals surface area contributed by atoms with Crippen molar-refractivity contribution in [3.63, 3.8) is 0 Å². The summed E-state index contributed by atoms with van der Waals surface area (Å²) in [5, 5.41) is 1.05. The Labute approximate surface area is 208 Å². The van der Waals surface area contributed by atoms with E-state index in [1.54, 1.807) is 0 Å². The Kier molecular flexibility index (Phi) is 6.92. The normalized spacial score (nSPS) is 14.8. The molecule has 4 rings (SSSR count). The molecule has 0 bridgehead atoms. The van der Waals surface area contributed by atoms with Gasteiger partial charge in [0, 0.05) is 16.6 Å². The molecule has 2 heterocycles. The molecule has 0 unspecified atom stereocenters. The second-order valence-corrected chi connectivity index (χ2v) is 11.3. The number of carbonyl (C=O) groups excluding carboxylic acids is 1. The van der Waals surface area contributed by atoms with Gasteiger partial charge in [-0.15, -0.1) is 0 Å². The predicted octanol–water partition coefficient (Wildman–Crippen LogP) is 6.98. The lowest BCUT2D eigenvalue weighted by Gasteiger charge is -2.31. The number of rotatable bonds is 5. The molecule has 0 radical (unpaired) electrons. The van der Waals surface area contributed by atoms with Crippen LogP contribution in [0.4, 0.5) is 0 Å². The van der Waals surface area contributed by atoms with Gasteiger partial charge < -0.3 is 14.2 Å².